The van der Waals surface area contributed by atoms with Gasteiger partial charge in [-0.1, -0.05) is 24.3 Å². The van der Waals surface area contributed by atoms with Gasteiger partial charge in [-0.05, 0) is 42.0 Å². The van der Waals surface area contributed by atoms with Crippen LogP contribution in [0.4, 0.5) is 10.5 Å². The molecule has 0 atom stereocenters. The highest BCUT2D eigenvalue weighted by molar-refractivity contribution is 6.08. The highest BCUT2D eigenvalue weighted by atomic mass is 16.5. The summed E-state index contributed by atoms with van der Waals surface area (Å²) in [5.74, 6) is -0.0103. The van der Waals surface area contributed by atoms with Crippen LogP contribution < -0.4 is 4.90 Å². The second-order valence-corrected chi connectivity index (χ2v) is 9.53. The topological polar surface area (TPSA) is 112 Å². The number of carbonyl (C=O) groups is 2. The minimum atomic E-state index is -0.726. The van der Waals surface area contributed by atoms with Gasteiger partial charge in [0, 0.05) is 48.2 Å². The molecule has 1 aromatic carbocycles. The van der Waals surface area contributed by atoms with E-state index in [0.717, 1.165) is 38.8 Å². The smallest absolute Gasteiger partial charge is 0.409 e. The third-order valence-electron chi connectivity index (χ3n) is 7.66. The highest BCUT2D eigenvalue weighted by Gasteiger charge is 2.52. The lowest BCUT2D eigenvalue weighted by Crippen LogP contribution is -2.50. The van der Waals surface area contributed by atoms with Crippen molar-refractivity contribution < 1.29 is 14.3 Å². The van der Waals surface area contributed by atoms with Crippen LogP contribution in [-0.2, 0) is 21.5 Å². The average molecular weight is 505 g/mol. The molecule has 1 spiro atoms. The predicted molar refractivity (Wildman–Crippen MR) is 140 cm³/mol. The summed E-state index contributed by atoms with van der Waals surface area (Å²) in [5.41, 5.74) is 3.73. The normalized spacial score (nSPS) is 15.9. The molecular weight excluding hydrogens is 480 g/mol. The van der Waals surface area contributed by atoms with E-state index in [-0.39, 0.29) is 18.5 Å². The Bertz CT molecular complexity index is 1600. The summed E-state index contributed by atoms with van der Waals surface area (Å²) in [7, 11) is 1.37. The number of benzene rings is 1. The van der Waals surface area contributed by atoms with Crippen LogP contribution in [-0.4, -0.2) is 52.1 Å². The SMILES string of the molecule is COC(=O)N1CCC2(CC1)C(=O)N(Cc1ncc3ccccc3c1-c1ccc(C#N)nc1)c1cnccc12. The van der Waals surface area contributed by atoms with Crippen molar-refractivity contribution in [2.24, 2.45) is 0 Å². The van der Waals surface area contributed by atoms with Gasteiger partial charge < -0.3 is 14.5 Å². The van der Waals surface area contributed by atoms with Gasteiger partial charge >= 0.3 is 6.09 Å². The number of amides is 2. The average Bonchev–Trinajstić information content (AvgIpc) is 3.20. The zero-order valence-electron chi connectivity index (χ0n) is 20.8. The predicted octanol–water partition coefficient (Wildman–Crippen LogP) is 4.21. The van der Waals surface area contributed by atoms with Crippen LogP contribution in [0.25, 0.3) is 21.9 Å². The quantitative estimate of drug-likeness (QED) is 0.411. The maximum absolute atomic E-state index is 14.2. The Hall–Kier alpha value is -4.84. The Morgan fingerprint density at radius 1 is 1.08 bits per heavy atom. The number of piperidine rings is 1. The minimum absolute atomic E-state index is 0.0103. The summed E-state index contributed by atoms with van der Waals surface area (Å²) < 4.78 is 4.89. The zero-order valence-corrected chi connectivity index (χ0v) is 20.8. The molecule has 188 valence electrons. The van der Waals surface area contributed by atoms with E-state index >= 15 is 0 Å². The van der Waals surface area contributed by atoms with Gasteiger partial charge in [0.05, 0.1) is 36.6 Å². The standard InChI is InChI=1S/C29H24N6O3/c1-38-28(37)34-12-9-29(10-13-34)23-8-11-31-17-25(23)35(27(29)36)18-24-26(20-6-7-21(14-30)32-16-20)22-5-3-2-4-19(22)15-33-24/h2-8,11,15-17H,9-10,12-13,18H2,1H3. The van der Waals surface area contributed by atoms with E-state index in [9.17, 15) is 14.9 Å². The van der Waals surface area contributed by atoms with Gasteiger partial charge in [-0.15, -0.1) is 0 Å². The number of rotatable bonds is 3. The minimum Gasteiger partial charge on any atom is -0.453 e. The van der Waals surface area contributed by atoms with E-state index in [1.165, 1.54) is 7.11 Å². The Balaban J connectivity index is 1.42. The summed E-state index contributed by atoms with van der Waals surface area (Å²) in [5, 5.41) is 11.2. The van der Waals surface area contributed by atoms with Crippen molar-refractivity contribution in [2.75, 3.05) is 25.1 Å². The monoisotopic (exact) mass is 504 g/mol. The Labute approximate surface area is 219 Å². The lowest BCUT2D eigenvalue weighted by atomic mass is 9.74. The van der Waals surface area contributed by atoms with E-state index in [0.29, 0.717) is 31.6 Å². The van der Waals surface area contributed by atoms with Crippen molar-refractivity contribution in [3.63, 3.8) is 0 Å². The second kappa shape index (κ2) is 9.23. The lowest BCUT2D eigenvalue weighted by Gasteiger charge is -2.37. The first-order valence-corrected chi connectivity index (χ1v) is 12.4. The molecule has 0 aliphatic carbocycles. The first-order chi connectivity index (χ1) is 18.6. The summed E-state index contributed by atoms with van der Waals surface area (Å²) in [6.45, 7) is 1.12. The van der Waals surface area contributed by atoms with Crippen molar-refractivity contribution in [3.8, 4) is 17.2 Å². The Kier molecular flexibility index (Phi) is 5.72. The van der Waals surface area contributed by atoms with E-state index < -0.39 is 5.41 Å². The molecule has 5 heterocycles. The second-order valence-electron chi connectivity index (χ2n) is 9.53. The van der Waals surface area contributed by atoms with E-state index in [4.69, 9.17) is 9.72 Å². The van der Waals surface area contributed by atoms with Crippen LogP contribution in [0, 0.1) is 11.3 Å². The molecule has 9 heteroatoms. The molecule has 1 saturated heterocycles. The van der Waals surface area contributed by atoms with Crippen molar-refractivity contribution in [2.45, 2.75) is 24.8 Å². The van der Waals surface area contributed by atoms with Crippen molar-refractivity contribution in [1.82, 2.24) is 19.9 Å². The molecule has 2 aliphatic heterocycles. The van der Waals surface area contributed by atoms with Crippen LogP contribution in [0.5, 0.6) is 0 Å². The van der Waals surface area contributed by atoms with Crippen molar-refractivity contribution >= 4 is 28.5 Å². The number of anilines is 1. The number of hydrogen-bond donors (Lipinski definition) is 0. The van der Waals surface area contributed by atoms with Gasteiger partial charge in [0.15, 0.2) is 0 Å². The molecule has 0 saturated carbocycles. The molecular formula is C29H24N6O3. The Morgan fingerprint density at radius 2 is 1.89 bits per heavy atom. The largest absolute Gasteiger partial charge is 0.453 e. The number of carbonyl (C=O) groups excluding carboxylic acids is 2. The van der Waals surface area contributed by atoms with Gasteiger partial charge in [0.25, 0.3) is 0 Å². The van der Waals surface area contributed by atoms with E-state index in [1.807, 2.05) is 42.6 Å². The number of pyridine rings is 3. The van der Waals surface area contributed by atoms with Crippen LogP contribution >= 0.6 is 0 Å². The molecule has 6 rings (SSSR count). The summed E-state index contributed by atoms with van der Waals surface area (Å²) in [6.07, 6.45) is 7.58. The Morgan fingerprint density at radius 3 is 2.63 bits per heavy atom. The number of fused-ring (bicyclic) bond motifs is 3. The molecule has 0 radical (unpaired) electrons. The molecule has 0 N–H and O–H groups in total. The lowest BCUT2D eigenvalue weighted by molar-refractivity contribution is -0.124. The number of aromatic nitrogens is 3. The third-order valence-corrected chi connectivity index (χ3v) is 7.66. The first-order valence-electron chi connectivity index (χ1n) is 12.4. The zero-order chi connectivity index (χ0) is 26.3. The number of nitrogens with zero attached hydrogens (tertiary/aromatic N) is 6. The van der Waals surface area contributed by atoms with E-state index in [2.05, 4.69) is 16.0 Å². The van der Waals surface area contributed by atoms with Gasteiger partial charge in [-0.2, -0.15) is 5.26 Å². The molecule has 9 nitrogen and oxygen atoms in total. The fourth-order valence-corrected chi connectivity index (χ4v) is 5.73. The van der Waals surface area contributed by atoms with Crippen LogP contribution in [0.15, 0.2) is 67.3 Å². The number of ether oxygens (including phenoxy) is 1. The number of nitriles is 1. The molecule has 0 unspecified atom stereocenters. The van der Waals surface area contributed by atoms with Gasteiger partial charge in [-0.3, -0.25) is 14.8 Å². The highest BCUT2D eigenvalue weighted by Crippen LogP contribution is 2.48. The van der Waals surface area contributed by atoms with Crippen LogP contribution in [0.3, 0.4) is 0 Å². The molecule has 1 fully saturated rings. The van der Waals surface area contributed by atoms with Gasteiger partial charge in [0.1, 0.15) is 11.8 Å². The maximum Gasteiger partial charge on any atom is 0.409 e. The third kappa shape index (κ3) is 3.65. The first kappa shape index (κ1) is 23.6. The van der Waals surface area contributed by atoms with Crippen molar-refractivity contribution in [1.29, 1.82) is 5.26 Å². The van der Waals surface area contributed by atoms with E-state index in [1.54, 1.807) is 34.5 Å². The molecule has 2 aliphatic rings. The number of likely N-dealkylation sites (tertiary alicyclic amines) is 1. The molecule has 3 aromatic heterocycles. The van der Waals surface area contributed by atoms with Crippen LogP contribution in [0.1, 0.15) is 29.8 Å². The van der Waals surface area contributed by atoms with Crippen molar-refractivity contribution in [3.05, 3.63) is 84.2 Å². The molecule has 0 bridgehead atoms. The van der Waals surface area contributed by atoms with Gasteiger partial charge in [-0.25, -0.2) is 9.78 Å². The number of methoxy groups -OCH3 is 1. The molecule has 38 heavy (non-hydrogen) atoms. The summed E-state index contributed by atoms with van der Waals surface area (Å²) in [6, 6.07) is 15.5. The number of hydrogen-bond acceptors (Lipinski definition) is 7. The fraction of sp³-hybridized carbons (Fsp3) is 0.241. The fourth-order valence-electron chi connectivity index (χ4n) is 5.73. The van der Waals surface area contributed by atoms with Crippen LogP contribution in [0.2, 0.25) is 0 Å². The molecule has 4 aromatic rings. The molecule has 2 amide bonds. The maximum atomic E-state index is 14.2. The van der Waals surface area contributed by atoms with Gasteiger partial charge in [0.2, 0.25) is 5.91 Å². The summed E-state index contributed by atoms with van der Waals surface area (Å²) in [4.78, 5) is 43.1. The summed E-state index contributed by atoms with van der Waals surface area (Å²) >= 11 is 0.